The minimum atomic E-state index is -3.89. The van der Waals surface area contributed by atoms with Crippen molar-refractivity contribution in [2.75, 3.05) is 29.8 Å². The van der Waals surface area contributed by atoms with Crippen LogP contribution in [-0.4, -0.2) is 40.7 Å². The van der Waals surface area contributed by atoms with E-state index in [0.717, 1.165) is 18.8 Å². The number of nitrogens with zero attached hydrogens (tertiary/aromatic N) is 1. The monoisotopic (exact) mass is 443 g/mol. The number of piperazine rings is 1. The summed E-state index contributed by atoms with van der Waals surface area (Å²) in [5, 5.41) is 3.66. The Morgan fingerprint density at radius 3 is 2.46 bits per heavy atom. The number of sulfonamides is 1. The molecule has 0 bridgehead atoms. The summed E-state index contributed by atoms with van der Waals surface area (Å²) in [6.07, 6.45) is 0. The minimum absolute atomic E-state index is 0.00448. The minimum Gasteiger partial charge on any atom is -0.495 e. The largest absolute Gasteiger partial charge is 0.495 e. The van der Waals surface area contributed by atoms with Crippen LogP contribution in [0.3, 0.4) is 0 Å². The van der Waals surface area contributed by atoms with Gasteiger partial charge in [-0.05, 0) is 44.2 Å². The summed E-state index contributed by atoms with van der Waals surface area (Å²) < 4.78 is 33.7. The Balaban J connectivity index is 1.94. The molecule has 0 spiro atoms. The Bertz CT molecular complexity index is 959. The van der Waals surface area contributed by atoms with Gasteiger partial charge in [0.05, 0.1) is 28.5 Å². The van der Waals surface area contributed by atoms with Gasteiger partial charge in [0.25, 0.3) is 10.0 Å². The quantitative estimate of drug-likeness (QED) is 0.730. The van der Waals surface area contributed by atoms with Gasteiger partial charge in [-0.2, -0.15) is 0 Å². The third kappa shape index (κ3) is 4.49. The van der Waals surface area contributed by atoms with Crippen molar-refractivity contribution in [1.29, 1.82) is 0 Å². The normalized spacial score (nSPS) is 20.1. The number of hydrogen-bond acceptors (Lipinski definition) is 5. The number of ether oxygens (including phenoxy) is 1. The first-order valence-electron chi connectivity index (χ1n) is 8.87. The number of hydrogen-bond donors (Lipinski definition) is 2. The average molecular weight is 444 g/mol. The van der Waals surface area contributed by atoms with E-state index in [4.69, 9.17) is 27.9 Å². The third-order valence-electron chi connectivity index (χ3n) is 4.53. The topological polar surface area (TPSA) is 70.7 Å². The van der Waals surface area contributed by atoms with Crippen LogP contribution in [0.4, 0.5) is 11.4 Å². The lowest BCUT2D eigenvalue weighted by Gasteiger charge is -2.38. The van der Waals surface area contributed by atoms with E-state index in [0.29, 0.717) is 23.5 Å². The van der Waals surface area contributed by atoms with Crippen LogP contribution in [0.2, 0.25) is 10.0 Å². The van der Waals surface area contributed by atoms with Crippen LogP contribution in [0, 0.1) is 0 Å². The van der Waals surface area contributed by atoms with Crippen molar-refractivity contribution >= 4 is 44.6 Å². The van der Waals surface area contributed by atoms with E-state index >= 15 is 0 Å². The maximum absolute atomic E-state index is 12.8. The fraction of sp³-hybridized carbons (Fsp3) is 0.368. The first kappa shape index (κ1) is 21.0. The van der Waals surface area contributed by atoms with Crippen LogP contribution in [0.25, 0.3) is 0 Å². The number of methoxy groups -OCH3 is 1. The molecule has 6 nitrogen and oxygen atoms in total. The Morgan fingerprint density at radius 1 is 1.14 bits per heavy atom. The highest BCUT2D eigenvalue weighted by Gasteiger charge is 2.25. The van der Waals surface area contributed by atoms with Crippen molar-refractivity contribution in [1.82, 2.24) is 5.32 Å². The fourth-order valence-electron chi connectivity index (χ4n) is 3.43. The van der Waals surface area contributed by atoms with Crippen molar-refractivity contribution in [3.63, 3.8) is 0 Å². The smallest absolute Gasteiger partial charge is 0.263 e. The molecular formula is C19H23Cl2N3O3S. The maximum atomic E-state index is 12.8. The molecule has 0 saturated carbocycles. The van der Waals surface area contributed by atoms with Gasteiger partial charge in [0.2, 0.25) is 0 Å². The van der Waals surface area contributed by atoms with Crippen LogP contribution >= 0.6 is 23.2 Å². The summed E-state index contributed by atoms with van der Waals surface area (Å²) in [6.45, 7) is 5.81. The molecule has 152 valence electrons. The fourth-order valence-corrected chi connectivity index (χ4v) is 5.24. The summed E-state index contributed by atoms with van der Waals surface area (Å²) >= 11 is 12.1. The summed E-state index contributed by atoms with van der Waals surface area (Å²) in [4.78, 5) is 2.12. The molecule has 2 aromatic carbocycles. The molecule has 2 aromatic rings. The van der Waals surface area contributed by atoms with Gasteiger partial charge in [-0.3, -0.25) is 4.72 Å². The lowest BCUT2D eigenvalue weighted by atomic mass is 10.1. The van der Waals surface area contributed by atoms with Gasteiger partial charge < -0.3 is 15.0 Å². The molecule has 0 unspecified atom stereocenters. The molecule has 1 heterocycles. The molecule has 3 rings (SSSR count). The van der Waals surface area contributed by atoms with Gasteiger partial charge in [-0.15, -0.1) is 0 Å². The molecule has 28 heavy (non-hydrogen) atoms. The first-order chi connectivity index (χ1) is 13.2. The Labute approximate surface area is 175 Å². The number of halogens is 2. The third-order valence-corrected chi connectivity index (χ3v) is 6.89. The van der Waals surface area contributed by atoms with Crippen molar-refractivity contribution in [3.8, 4) is 5.75 Å². The number of nitrogens with one attached hydrogen (secondary N) is 2. The van der Waals surface area contributed by atoms with E-state index in [1.54, 1.807) is 37.4 Å². The molecule has 1 saturated heterocycles. The highest BCUT2D eigenvalue weighted by atomic mass is 35.5. The van der Waals surface area contributed by atoms with E-state index < -0.39 is 10.0 Å². The Kier molecular flexibility index (Phi) is 6.29. The maximum Gasteiger partial charge on any atom is 0.263 e. The number of benzene rings is 2. The molecule has 9 heteroatoms. The average Bonchev–Trinajstić information content (AvgIpc) is 2.62. The van der Waals surface area contributed by atoms with Crippen molar-refractivity contribution < 1.29 is 13.2 Å². The van der Waals surface area contributed by atoms with E-state index in [9.17, 15) is 8.42 Å². The second-order valence-electron chi connectivity index (χ2n) is 6.92. The highest BCUT2D eigenvalue weighted by molar-refractivity contribution is 7.92. The van der Waals surface area contributed by atoms with Gasteiger partial charge in [-0.1, -0.05) is 29.3 Å². The molecule has 2 atom stereocenters. The molecule has 1 aliphatic heterocycles. The summed E-state index contributed by atoms with van der Waals surface area (Å²) in [5.41, 5.74) is 1.26. The first-order valence-corrected chi connectivity index (χ1v) is 11.1. The van der Waals surface area contributed by atoms with Crippen LogP contribution in [-0.2, 0) is 10.0 Å². The molecular weight excluding hydrogens is 421 g/mol. The molecule has 0 radical (unpaired) electrons. The SMILES string of the molecule is COc1ccc(NS(=O)(=O)c2cccc(Cl)c2Cl)cc1N1C[C@@H](C)N[C@@H](C)C1. The standard InChI is InChI=1S/C19H23Cl2N3O3S/c1-12-10-24(11-13(2)22-12)16-9-14(7-8-17(16)27-3)23-28(25,26)18-6-4-5-15(20)19(18)21/h4-9,12-13,22-23H,10-11H2,1-3H3/t12-,13+. The van der Waals surface area contributed by atoms with Gasteiger partial charge in [-0.25, -0.2) is 8.42 Å². The zero-order valence-electron chi connectivity index (χ0n) is 15.9. The predicted octanol–water partition coefficient (Wildman–Crippen LogP) is 3.99. The van der Waals surface area contributed by atoms with Gasteiger partial charge in [0.15, 0.2) is 0 Å². The van der Waals surface area contributed by atoms with Crippen LogP contribution < -0.4 is 19.7 Å². The molecule has 0 aliphatic carbocycles. The number of rotatable bonds is 5. The molecule has 2 N–H and O–H groups in total. The molecule has 1 aliphatic rings. The van der Waals surface area contributed by atoms with Gasteiger partial charge in [0.1, 0.15) is 10.6 Å². The van der Waals surface area contributed by atoms with E-state index in [2.05, 4.69) is 28.8 Å². The lowest BCUT2D eigenvalue weighted by Crippen LogP contribution is -2.54. The Hall–Kier alpha value is -1.67. The second kappa shape index (κ2) is 8.37. The van der Waals surface area contributed by atoms with Gasteiger partial charge in [0, 0.05) is 25.2 Å². The van der Waals surface area contributed by atoms with E-state index in [1.165, 1.54) is 6.07 Å². The second-order valence-corrected chi connectivity index (χ2v) is 9.35. The zero-order chi connectivity index (χ0) is 20.5. The summed E-state index contributed by atoms with van der Waals surface area (Å²) in [5.74, 6) is 0.685. The van der Waals surface area contributed by atoms with E-state index in [-0.39, 0.29) is 14.9 Å². The highest BCUT2D eigenvalue weighted by Crippen LogP contribution is 2.35. The van der Waals surface area contributed by atoms with Crippen molar-refractivity contribution in [3.05, 3.63) is 46.4 Å². The van der Waals surface area contributed by atoms with Crippen LogP contribution in [0.1, 0.15) is 13.8 Å². The summed E-state index contributed by atoms with van der Waals surface area (Å²) in [6, 6.07) is 10.3. The molecule has 0 aromatic heterocycles. The van der Waals surface area contributed by atoms with Crippen molar-refractivity contribution in [2.45, 2.75) is 30.8 Å². The predicted molar refractivity (Wildman–Crippen MR) is 115 cm³/mol. The van der Waals surface area contributed by atoms with Crippen molar-refractivity contribution in [2.24, 2.45) is 0 Å². The van der Waals surface area contributed by atoms with E-state index in [1.807, 2.05) is 0 Å². The zero-order valence-corrected chi connectivity index (χ0v) is 18.2. The molecule has 0 amide bonds. The Morgan fingerprint density at radius 2 is 1.82 bits per heavy atom. The lowest BCUT2D eigenvalue weighted by molar-refractivity contribution is 0.391. The van der Waals surface area contributed by atoms with Gasteiger partial charge >= 0.3 is 0 Å². The number of anilines is 2. The summed E-state index contributed by atoms with van der Waals surface area (Å²) in [7, 11) is -2.29. The molecule has 1 fully saturated rings. The van der Waals surface area contributed by atoms with Crippen LogP contribution in [0.5, 0.6) is 5.75 Å². The van der Waals surface area contributed by atoms with Crippen LogP contribution in [0.15, 0.2) is 41.3 Å².